The van der Waals surface area contributed by atoms with Gasteiger partial charge in [-0.05, 0) is 24.5 Å². The van der Waals surface area contributed by atoms with Gasteiger partial charge in [0.1, 0.15) is 5.82 Å². The van der Waals surface area contributed by atoms with E-state index in [0.29, 0.717) is 5.88 Å². The van der Waals surface area contributed by atoms with Gasteiger partial charge in [-0.3, -0.25) is 0 Å². The number of rotatable bonds is 4. The Morgan fingerprint density at radius 1 is 1.31 bits per heavy atom. The van der Waals surface area contributed by atoms with Crippen LogP contribution in [0, 0.1) is 5.92 Å². The largest absolute Gasteiger partial charge is 0.327 e. The van der Waals surface area contributed by atoms with Crippen LogP contribution in [0.15, 0.2) is 24.3 Å². The van der Waals surface area contributed by atoms with Crippen molar-refractivity contribution < 1.29 is 0 Å². The van der Waals surface area contributed by atoms with Crippen molar-refractivity contribution in [1.29, 1.82) is 0 Å². The van der Waals surface area contributed by atoms with E-state index in [2.05, 4.69) is 27.8 Å². The van der Waals surface area contributed by atoms with Gasteiger partial charge in [0.05, 0.1) is 16.9 Å². The lowest BCUT2D eigenvalue weighted by Crippen LogP contribution is -2.03. The highest BCUT2D eigenvalue weighted by molar-refractivity contribution is 6.16. The summed E-state index contributed by atoms with van der Waals surface area (Å²) in [6.45, 7) is 1.06. The van der Waals surface area contributed by atoms with Crippen LogP contribution in [0.2, 0.25) is 0 Å². The summed E-state index contributed by atoms with van der Waals surface area (Å²) in [4.78, 5) is 4.56. The van der Waals surface area contributed by atoms with E-state index in [4.69, 9.17) is 11.6 Å². The van der Waals surface area contributed by atoms with Crippen LogP contribution < -0.4 is 0 Å². The Morgan fingerprint density at radius 2 is 2.12 bits per heavy atom. The summed E-state index contributed by atoms with van der Waals surface area (Å²) < 4.78 is 2.28. The van der Waals surface area contributed by atoms with Crippen LogP contribution in [0.4, 0.5) is 0 Å². The highest BCUT2D eigenvalue weighted by Gasteiger charge is 2.21. The van der Waals surface area contributed by atoms with E-state index in [9.17, 15) is 0 Å². The highest BCUT2D eigenvalue weighted by atomic mass is 35.5. The Labute approximate surface area is 100 Å². The van der Waals surface area contributed by atoms with Crippen molar-refractivity contribution in [2.24, 2.45) is 5.92 Å². The summed E-state index contributed by atoms with van der Waals surface area (Å²) in [5.74, 6) is 2.45. The minimum absolute atomic E-state index is 0.499. The second-order valence-corrected chi connectivity index (χ2v) is 4.80. The smallest absolute Gasteiger partial charge is 0.124 e. The average Bonchev–Trinajstić information content (AvgIpc) is 3.07. The van der Waals surface area contributed by atoms with E-state index < -0.39 is 0 Å². The van der Waals surface area contributed by atoms with E-state index in [1.165, 1.54) is 24.8 Å². The van der Waals surface area contributed by atoms with Crippen LogP contribution in [0.5, 0.6) is 0 Å². The van der Waals surface area contributed by atoms with Gasteiger partial charge in [0.25, 0.3) is 0 Å². The number of alkyl halides is 1. The Morgan fingerprint density at radius 3 is 2.88 bits per heavy atom. The molecule has 0 amide bonds. The number of aromatic nitrogens is 2. The predicted octanol–water partition coefficient (Wildman–Crippen LogP) is 3.58. The number of fused-ring (bicyclic) bond motifs is 1. The third-order valence-corrected chi connectivity index (χ3v) is 3.55. The lowest BCUT2D eigenvalue weighted by Gasteiger charge is -2.06. The van der Waals surface area contributed by atoms with E-state index in [1.54, 1.807) is 0 Å². The maximum absolute atomic E-state index is 5.95. The van der Waals surface area contributed by atoms with Gasteiger partial charge in [-0.15, -0.1) is 11.6 Å². The first kappa shape index (κ1) is 10.2. The number of benzene rings is 1. The van der Waals surface area contributed by atoms with Gasteiger partial charge < -0.3 is 4.57 Å². The van der Waals surface area contributed by atoms with Crippen molar-refractivity contribution >= 4 is 22.6 Å². The molecule has 2 nitrogen and oxygen atoms in total. The Hall–Kier alpha value is -1.02. The zero-order valence-corrected chi connectivity index (χ0v) is 9.95. The number of para-hydroxylation sites is 2. The van der Waals surface area contributed by atoms with Crippen molar-refractivity contribution in [1.82, 2.24) is 9.55 Å². The molecule has 0 unspecified atom stereocenters. The fourth-order valence-corrected chi connectivity index (χ4v) is 2.40. The molecule has 1 aliphatic carbocycles. The summed E-state index contributed by atoms with van der Waals surface area (Å²) in [7, 11) is 0. The molecule has 16 heavy (non-hydrogen) atoms. The summed E-state index contributed by atoms with van der Waals surface area (Å²) in [5, 5.41) is 0. The van der Waals surface area contributed by atoms with E-state index in [-0.39, 0.29) is 0 Å². The van der Waals surface area contributed by atoms with E-state index >= 15 is 0 Å². The van der Waals surface area contributed by atoms with Gasteiger partial charge >= 0.3 is 0 Å². The first-order chi connectivity index (χ1) is 7.88. The molecule has 1 heterocycles. The Balaban J connectivity index is 1.97. The molecule has 0 N–H and O–H groups in total. The molecule has 0 saturated heterocycles. The molecule has 1 aromatic carbocycles. The molecule has 1 saturated carbocycles. The lowest BCUT2D eigenvalue weighted by molar-refractivity contribution is 0.594. The van der Waals surface area contributed by atoms with Crippen LogP contribution in [-0.2, 0) is 12.4 Å². The Bertz CT molecular complexity index is 500. The summed E-state index contributed by atoms with van der Waals surface area (Å²) in [6, 6.07) is 8.28. The molecule has 3 heteroatoms. The van der Waals surface area contributed by atoms with Gasteiger partial charge in [0.15, 0.2) is 0 Å². The molecule has 2 aromatic rings. The molecule has 0 radical (unpaired) electrons. The normalized spacial score (nSPS) is 15.8. The van der Waals surface area contributed by atoms with Crippen LogP contribution in [0.25, 0.3) is 11.0 Å². The third-order valence-electron chi connectivity index (χ3n) is 3.31. The topological polar surface area (TPSA) is 17.8 Å². The number of hydrogen-bond donors (Lipinski definition) is 0. The second-order valence-electron chi connectivity index (χ2n) is 4.53. The fraction of sp³-hybridized carbons (Fsp3) is 0.462. The fourth-order valence-electron chi connectivity index (χ4n) is 2.20. The van der Waals surface area contributed by atoms with Gasteiger partial charge in [-0.2, -0.15) is 0 Å². The number of hydrogen-bond acceptors (Lipinski definition) is 1. The highest BCUT2D eigenvalue weighted by Crippen LogP contribution is 2.33. The predicted molar refractivity (Wildman–Crippen MR) is 66.6 cm³/mol. The van der Waals surface area contributed by atoms with Crippen LogP contribution in [0.1, 0.15) is 25.1 Å². The quantitative estimate of drug-likeness (QED) is 0.740. The summed E-state index contributed by atoms with van der Waals surface area (Å²) >= 11 is 5.95. The molecule has 0 bridgehead atoms. The minimum atomic E-state index is 0.499. The molecule has 0 aliphatic heterocycles. The van der Waals surface area contributed by atoms with Gasteiger partial charge in [0, 0.05) is 6.54 Å². The maximum Gasteiger partial charge on any atom is 0.124 e. The van der Waals surface area contributed by atoms with Crippen molar-refractivity contribution in [3.05, 3.63) is 30.1 Å². The third kappa shape index (κ3) is 1.82. The van der Waals surface area contributed by atoms with Gasteiger partial charge in [0.2, 0.25) is 0 Å². The van der Waals surface area contributed by atoms with Crippen LogP contribution >= 0.6 is 11.6 Å². The number of imidazole rings is 1. The molecule has 84 valence electrons. The van der Waals surface area contributed by atoms with E-state index in [1.807, 2.05) is 6.07 Å². The summed E-state index contributed by atoms with van der Waals surface area (Å²) in [5.41, 5.74) is 2.28. The van der Waals surface area contributed by atoms with Crippen molar-refractivity contribution in [2.45, 2.75) is 31.7 Å². The molecule has 1 aromatic heterocycles. The van der Waals surface area contributed by atoms with Crippen LogP contribution in [0.3, 0.4) is 0 Å². The number of nitrogens with zero attached hydrogens (tertiary/aromatic N) is 2. The SMILES string of the molecule is ClCc1nc2ccccc2n1CCC1CC1. The molecule has 1 fully saturated rings. The van der Waals surface area contributed by atoms with Crippen LogP contribution in [-0.4, -0.2) is 9.55 Å². The molecular formula is C13H15ClN2. The van der Waals surface area contributed by atoms with Crippen molar-refractivity contribution in [2.75, 3.05) is 0 Å². The number of aryl methyl sites for hydroxylation is 1. The monoisotopic (exact) mass is 234 g/mol. The van der Waals surface area contributed by atoms with E-state index in [0.717, 1.165) is 23.8 Å². The molecular weight excluding hydrogens is 220 g/mol. The van der Waals surface area contributed by atoms with Crippen molar-refractivity contribution in [3.63, 3.8) is 0 Å². The summed E-state index contributed by atoms with van der Waals surface area (Å²) in [6.07, 6.45) is 4.08. The first-order valence-corrected chi connectivity index (χ1v) is 6.42. The van der Waals surface area contributed by atoms with Crippen molar-refractivity contribution in [3.8, 4) is 0 Å². The standard InChI is InChI=1S/C13H15ClN2/c14-9-13-15-11-3-1-2-4-12(11)16(13)8-7-10-5-6-10/h1-4,10H,5-9H2. The minimum Gasteiger partial charge on any atom is -0.327 e. The number of halogens is 1. The second kappa shape index (κ2) is 4.10. The maximum atomic E-state index is 5.95. The first-order valence-electron chi connectivity index (χ1n) is 5.88. The molecule has 3 rings (SSSR count). The Kier molecular flexibility index (Phi) is 2.60. The van der Waals surface area contributed by atoms with Gasteiger partial charge in [-0.25, -0.2) is 4.98 Å². The lowest BCUT2D eigenvalue weighted by atomic mass is 10.2. The zero-order valence-electron chi connectivity index (χ0n) is 9.19. The molecule has 0 spiro atoms. The zero-order chi connectivity index (χ0) is 11.0. The average molecular weight is 235 g/mol. The van der Waals surface area contributed by atoms with Gasteiger partial charge in [-0.1, -0.05) is 25.0 Å². The molecule has 1 aliphatic rings. The molecule has 0 atom stereocenters.